The summed E-state index contributed by atoms with van der Waals surface area (Å²) in [4.78, 5) is 39.5. The molecular weight excluding hydrogens is 408 g/mol. The highest BCUT2D eigenvalue weighted by Gasteiger charge is 2.43. The van der Waals surface area contributed by atoms with Gasteiger partial charge in [-0.15, -0.1) is 0 Å². The molecule has 0 aromatic carbocycles. The molecule has 5 atom stereocenters. The fourth-order valence-electron chi connectivity index (χ4n) is 6.12. The Morgan fingerprint density at radius 2 is 1.69 bits per heavy atom. The van der Waals surface area contributed by atoms with E-state index in [0.29, 0.717) is 43.7 Å². The van der Waals surface area contributed by atoms with Crippen LogP contribution in [0, 0.1) is 17.8 Å². The minimum Gasteiger partial charge on any atom is -0.480 e. The Kier molecular flexibility index (Phi) is 9.38. The Morgan fingerprint density at radius 1 is 1.03 bits per heavy atom. The standard InChI is InChI=1S/C25H42N2O5/c1-3-32-25(31)21(14-13-18-9-5-4-6-10-18)26-17(2)23(28)27-16-20-12-8-7-11-19(20)15-22(27)24(29)30/h17-22,26H,3-16H2,1-2H3,(H,29,30). The average Bonchev–Trinajstić information content (AvgIpc) is 2.80. The first-order valence-electron chi connectivity index (χ1n) is 12.9. The zero-order chi connectivity index (χ0) is 23.1. The van der Waals surface area contributed by atoms with Crippen LogP contribution in [-0.2, 0) is 19.1 Å². The number of piperidine rings is 1. The second kappa shape index (κ2) is 12.0. The molecule has 2 aliphatic carbocycles. The molecule has 3 aliphatic rings. The first kappa shape index (κ1) is 25.0. The summed E-state index contributed by atoms with van der Waals surface area (Å²) in [6.07, 6.45) is 12.8. The van der Waals surface area contributed by atoms with E-state index in [1.54, 1.807) is 18.7 Å². The summed E-state index contributed by atoms with van der Waals surface area (Å²) in [6.45, 7) is 4.36. The summed E-state index contributed by atoms with van der Waals surface area (Å²) < 4.78 is 5.28. The molecule has 1 heterocycles. The molecular formula is C25H42N2O5. The third kappa shape index (κ3) is 6.46. The Bertz CT molecular complexity index is 648. The third-order valence-corrected chi connectivity index (χ3v) is 7.95. The van der Waals surface area contributed by atoms with Crippen LogP contribution in [0.5, 0.6) is 0 Å². The van der Waals surface area contributed by atoms with Crippen LogP contribution in [0.15, 0.2) is 0 Å². The number of carbonyl (C=O) groups is 3. The summed E-state index contributed by atoms with van der Waals surface area (Å²) in [5, 5.41) is 13.0. The molecule has 0 bridgehead atoms. The van der Waals surface area contributed by atoms with Crippen molar-refractivity contribution in [2.75, 3.05) is 13.2 Å². The van der Waals surface area contributed by atoms with Gasteiger partial charge >= 0.3 is 11.9 Å². The van der Waals surface area contributed by atoms with Crippen molar-refractivity contribution in [3.8, 4) is 0 Å². The fraction of sp³-hybridized carbons (Fsp3) is 0.880. The van der Waals surface area contributed by atoms with Crippen LogP contribution < -0.4 is 5.32 Å². The van der Waals surface area contributed by atoms with Gasteiger partial charge in [-0.25, -0.2) is 4.79 Å². The molecule has 1 aliphatic heterocycles. The quantitative estimate of drug-likeness (QED) is 0.520. The van der Waals surface area contributed by atoms with E-state index in [4.69, 9.17) is 4.74 Å². The van der Waals surface area contributed by atoms with E-state index >= 15 is 0 Å². The van der Waals surface area contributed by atoms with Crippen LogP contribution in [0.3, 0.4) is 0 Å². The first-order chi connectivity index (χ1) is 15.4. The highest BCUT2D eigenvalue weighted by Crippen LogP contribution is 2.39. The maximum atomic E-state index is 13.4. The lowest BCUT2D eigenvalue weighted by molar-refractivity contribution is -0.157. The van der Waals surface area contributed by atoms with E-state index < -0.39 is 24.1 Å². The predicted molar refractivity (Wildman–Crippen MR) is 122 cm³/mol. The number of ether oxygens (including phenoxy) is 1. The SMILES string of the molecule is CCOC(=O)C(CCC1CCCCC1)NC(C)C(=O)N1CC2CCCCC2CC1C(=O)O. The number of hydrogen-bond donors (Lipinski definition) is 2. The van der Waals surface area contributed by atoms with Crippen molar-refractivity contribution in [1.29, 1.82) is 0 Å². The maximum Gasteiger partial charge on any atom is 0.326 e. The highest BCUT2D eigenvalue weighted by atomic mass is 16.5. The number of fused-ring (bicyclic) bond motifs is 1. The molecule has 0 aromatic rings. The lowest BCUT2D eigenvalue weighted by Crippen LogP contribution is -2.59. The molecule has 1 amide bonds. The Labute approximate surface area is 192 Å². The number of hydrogen-bond acceptors (Lipinski definition) is 5. The number of rotatable bonds is 9. The monoisotopic (exact) mass is 450 g/mol. The maximum absolute atomic E-state index is 13.4. The van der Waals surface area contributed by atoms with Crippen LogP contribution in [0.4, 0.5) is 0 Å². The number of nitrogens with zero attached hydrogens (tertiary/aromatic N) is 1. The van der Waals surface area contributed by atoms with Crippen LogP contribution in [0.1, 0.15) is 90.9 Å². The molecule has 0 aromatic heterocycles. The zero-order valence-electron chi connectivity index (χ0n) is 19.9. The minimum atomic E-state index is -0.922. The summed E-state index contributed by atoms with van der Waals surface area (Å²) in [6, 6.07) is -1.93. The Morgan fingerprint density at radius 3 is 2.34 bits per heavy atom. The van der Waals surface area contributed by atoms with Crippen molar-refractivity contribution in [2.45, 2.75) is 109 Å². The lowest BCUT2D eigenvalue weighted by Gasteiger charge is -2.45. The first-order valence-corrected chi connectivity index (χ1v) is 12.9. The van der Waals surface area contributed by atoms with Crippen LogP contribution in [0.2, 0.25) is 0 Å². The summed E-state index contributed by atoms with van der Waals surface area (Å²) in [5.41, 5.74) is 0. The van der Waals surface area contributed by atoms with Gasteiger partial charge in [-0.05, 0) is 57.3 Å². The third-order valence-electron chi connectivity index (χ3n) is 7.95. The number of aliphatic carboxylic acids is 1. The van der Waals surface area contributed by atoms with Gasteiger partial charge in [-0.2, -0.15) is 0 Å². The van der Waals surface area contributed by atoms with Gasteiger partial charge in [0.15, 0.2) is 0 Å². The molecule has 3 rings (SSSR count). The molecule has 2 saturated carbocycles. The Balaban J connectivity index is 1.63. The van der Waals surface area contributed by atoms with E-state index in [0.717, 1.165) is 32.1 Å². The van der Waals surface area contributed by atoms with E-state index in [-0.39, 0.29) is 11.9 Å². The van der Waals surface area contributed by atoms with Gasteiger partial charge < -0.3 is 14.7 Å². The van der Waals surface area contributed by atoms with Crippen LogP contribution >= 0.6 is 0 Å². The number of carbonyl (C=O) groups excluding carboxylic acids is 2. The Hall–Kier alpha value is -1.63. The van der Waals surface area contributed by atoms with Gasteiger partial charge in [0.25, 0.3) is 0 Å². The van der Waals surface area contributed by atoms with E-state index in [1.807, 2.05) is 0 Å². The number of carboxylic acids is 1. The van der Waals surface area contributed by atoms with Crippen molar-refractivity contribution in [3.05, 3.63) is 0 Å². The molecule has 182 valence electrons. The van der Waals surface area contributed by atoms with Crippen LogP contribution in [-0.4, -0.2) is 59.1 Å². The second-order valence-electron chi connectivity index (χ2n) is 10.2. The van der Waals surface area contributed by atoms with Crippen molar-refractivity contribution >= 4 is 17.8 Å². The second-order valence-corrected chi connectivity index (χ2v) is 10.2. The molecule has 7 nitrogen and oxygen atoms in total. The summed E-state index contributed by atoms with van der Waals surface area (Å²) in [7, 11) is 0. The molecule has 3 fully saturated rings. The van der Waals surface area contributed by atoms with Gasteiger partial charge in [-0.3, -0.25) is 14.9 Å². The van der Waals surface area contributed by atoms with E-state index in [2.05, 4.69) is 5.32 Å². The van der Waals surface area contributed by atoms with Gasteiger partial charge in [0.05, 0.1) is 12.6 Å². The predicted octanol–water partition coefficient (Wildman–Crippen LogP) is 3.75. The smallest absolute Gasteiger partial charge is 0.326 e. The van der Waals surface area contributed by atoms with Gasteiger partial charge in [0.1, 0.15) is 12.1 Å². The van der Waals surface area contributed by atoms with E-state index in [9.17, 15) is 19.5 Å². The highest BCUT2D eigenvalue weighted by molar-refractivity contribution is 5.87. The van der Waals surface area contributed by atoms with Crippen molar-refractivity contribution in [2.24, 2.45) is 17.8 Å². The number of nitrogens with one attached hydrogen (secondary N) is 1. The average molecular weight is 451 g/mol. The van der Waals surface area contributed by atoms with Gasteiger partial charge in [-0.1, -0.05) is 51.4 Å². The number of amides is 1. The molecule has 32 heavy (non-hydrogen) atoms. The van der Waals surface area contributed by atoms with Crippen LogP contribution in [0.25, 0.3) is 0 Å². The largest absolute Gasteiger partial charge is 0.480 e. The molecule has 1 saturated heterocycles. The normalized spacial score (nSPS) is 28.4. The zero-order valence-corrected chi connectivity index (χ0v) is 19.9. The molecule has 5 unspecified atom stereocenters. The summed E-state index contributed by atoms with van der Waals surface area (Å²) in [5.74, 6) is -0.0243. The van der Waals surface area contributed by atoms with Crippen molar-refractivity contribution < 1.29 is 24.2 Å². The fourth-order valence-corrected chi connectivity index (χ4v) is 6.12. The topological polar surface area (TPSA) is 95.9 Å². The molecule has 0 spiro atoms. The lowest BCUT2D eigenvalue weighted by atomic mass is 9.73. The number of carboxylic acid groups (broad SMARTS) is 1. The minimum absolute atomic E-state index is 0.214. The van der Waals surface area contributed by atoms with E-state index in [1.165, 1.54) is 32.1 Å². The van der Waals surface area contributed by atoms with Gasteiger partial charge in [0.2, 0.25) is 5.91 Å². The molecule has 0 radical (unpaired) electrons. The van der Waals surface area contributed by atoms with Crippen molar-refractivity contribution in [1.82, 2.24) is 10.2 Å². The molecule has 2 N–H and O–H groups in total. The number of esters is 1. The number of likely N-dealkylation sites (tertiary alicyclic amines) is 1. The van der Waals surface area contributed by atoms with Gasteiger partial charge in [0, 0.05) is 6.54 Å². The summed E-state index contributed by atoms with van der Waals surface area (Å²) >= 11 is 0. The molecule has 7 heteroatoms. The van der Waals surface area contributed by atoms with Crippen molar-refractivity contribution in [3.63, 3.8) is 0 Å².